The molecule has 4 N–H and O–H groups in total. The molecule has 2 unspecified atom stereocenters. The second-order valence-corrected chi connectivity index (χ2v) is 5.16. The number of hydrogen-bond acceptors (Lipinski definition) is 3. The zero-order valence-corrected chi connectivity index (χ0v) is 10.7. The van der Waals surface area contributed by atoms with Gasteiger partial charge in [-0.1, -0.05) is 18.6 Å². The Morgan fingerprint density at radius 2 is 2.37 bits per heavy atom. The van der Waals surface area contributed by atoms with E-state index in [1.54, 1.807) is 6.20 Å². The smallest absolute Gasteiger partial charge is 0.227 e. The highest BCUT2D eigenvalue weighted by molar-refractivity contribution is 6.01. The number of amides is 1. The fourth-order valence-corrected chi connectivity index (χ4v) is 2.96. The van der Waals surface area contributed by atoms with Crippen LogP contribution in [0.15, 0.2) is 24.4 Å². The van der Waals surface area contributed by atoms with Gasteiger partial charge in [0.25, 0.3) is 0 Å². The lowest BCUT2D eigenvalue weighted by atomic mass is 9.95. The third-order valence-electron chi connectivity index (χ3n) is 4.03. The number of fused-ring (bicyclic) bond motifs is 1. The first-order chi connectivity index (χ1) is 9.29. The van der Waals surface area contributed by atoms with E-state index in [0.29, 0.717) is 12.5 Å². The lowest BCUT2D eigenvalue weighted by molar-refractivity contribution is -0.120. The number of nitrogens with zero attached hydrogens (tertiary/aromatic N) is 1. The quantitative estimate of drug-likeness (QED) is 0.786. The highest BCUT2D eigenvalue weighted by Gasteiger charge is 2.32. The summed E-state index contributed by atoms with van der Waals surface area (Å²) in [5, 5.41) is 10.9. The number of aromatic amines is 1. The number of anilines is 1. The predicted molar refractivity (Wildman–Crippen MR) is 74.6 cm³/mol. The van der Waals surface area contributed by atoms with Gasteiger partial charge in [-0.05, 0) is 31.4 Å². The van der Waals surface area contributed by atoms with E-state index < -0.39 is 0 Å². The molecule has 3 rings (SSSR count). The summed E-state index contributed by atoms with van der Waals surface area (Å²) < 4.78 is 0. The van der Waals surface area contributed by atoms with Crippen LogP contribution in [0.1, 0.15) is 19.3 Å². The molecule has 0 saturated heterocycles. The lowest BCUT2D eigenvalue weighted by Gasteiger charge is -2.17. The Labute approximate surface area is 111 Å². The summed E-state index contributed by atoms with van der Waals surface area (Å²) in [4.78, 5) is 12.3. The van der Waals surface area contributed by atoms with Crippen molar-refractivity contribution in [3.63, 3.8) is 0 Å². The molecule has 19 heavy (non-hydrogen) atoms. The van der Waals surface area contributed by atoms with Crippen LogP contribution in [0.4, 0.5) is 5.69 Å². The summed E-state index contributed by atoms with van der Waals surface area (Å²) in [5.74, 6) is 0.444. The molecule has 5 nitrogen and oxygen atoms in total. The Balaban J connectivity index is 1.81. The summed E-state index contributed by atoms with van der Waals surface area (Å²) in [5.41, 5.74) is 7.40. The molecule has 2 aromatic rings. The fraction of sp³-hybridized carbons (Fsp3) is 0.429. The molecule has 1 aromatic heterocycles. The Morgan fingerprint density at radius 1 is 1.47 bits per heavy atom. The lowest BCUT2D eigenvalue weighted by Crippen LogP contribution is -2.29. The predicted octanol–water partition coefficient (Wildman–Crippen LogP) is 1.88. The molecule has 1 fully saturated rings. The molecule has 0 aliphatic heterocycles. The first kappa shape index (κ1) is 12.2. The molecule has 1 aliphatic rings. The van der Waals surface area contributed by atoms with E-state index >= 15 is 0 Å². The molecule has 100 valence electrons. The maximum atomic E-state index is 12.3. The summed E-state index contributed by atoms with van der Waals surface area (Å²) in [7, 11) is 0. The second kappa shape index (κ2) is 5.01. The van der Waals surface area contributed by atoms with Gasteiger partial charge in [0.15, 0.2) is 0 Å². The van der Waals surface area contributed by atoms with Crippen LogP contribution in [0.5, 0.6) is 0 Å². The van der Waals surface area contributed by atoms with Gasteiger partial charge in [0.2, 0.25) is 5.91 Å². The number of H-pyrrole nitrogens is 1. The summed E-state index contributed by atoms with van der Waals surface area (Å²) in [6.45, 7) is 0.590. The van der Waals surface area contributed by atoms with E-state index in [1.807, 2.05) is 18.2 Å². The third kappa shape index (κ3) is 2.21. The van der Waals surface area contributed by atoms with Crippen LogP contribution < -0.4 is 11.1 Å². The van der Waals surface area contributed by atoms with Crippen LogP contribution in [-0.2, 0) is 4.79 Å². The number of benzene rings is 1. The Bertz CT molecular complexity index is 592. The SMILES string of the molecule is NCC1CCCC1C(=O)Nc1cccc2cn[nH]c12. The van der Waals surface area contributed by atoms with Crippen molar-refractivity contribution in [2.75, 3.05) is 11.9 Å². The number of para-hydroxylation sites is 1. The minimum absolute atomic E-state index is 0.0446. The van der Waals surface area contributed by atoms with Crippen molar-refractivity contribution in [1.82, 2.24) is 10.2 Å². The first-order valence-electron chi connectivity index (χ1n) is 6.72. The van der Waals surface area contributed by atoms with Crippen molar-refractivity contribution in [3.05, 3.63) is 24.4 Å². The van der Waals surface area contributed by atoms with Gasteiger partial charge in [-0.3, -0.25) is 9.89 Å². The number of hydrogen-bond donors (Lipinski definition) is 3. The zero-order valence-electron chi connectivity index (χ0n) is 10.7. The van der Waals surface area contributed by atoms with Crippen LogP contribution in [0.2, 0.25) is 0 Å². The molecule has 5 heteroatoms. The number of aromatic nitrogens is 2. The summed E-state index contributed by atoms with van der Waals surface area (Å²) in [6, 6.07) is 5.78. The number of rotatable bonds is 3. The summed E-state index contributed by atoms with van der Waals surface area (Å²) >= 11 is 0. The van der Waals surface area contributed by atoms with Gasteiger partial charge in [-0.2, -0.15) is 5.10 Å². The van der Waals surface area contributed by atoms with E-state index in [1.165, 1.54) is 0 Å². The van der Waals surface area contributed by atoms with E-state index in [0.717, 1.165) is 35.9 Å². The van der Waals surface area contributed by atoms with Crippen molar-refractivity contribution in [3.8, 4) is 0 Å². The van der Waals surface area contributed by atoms with Crippen molar-refractivity contribution >= 4 is 22.5 Å². The second-order valence-electron chi connectivity index (χ2n) is 5.16. The fourth-order valence-electron chi connectivity index (χ4n) is 2.96. The largest absolute Gasteiger partial charge is 0.330 e. The number of nitrogens with one attached hydrogen (secondary N) is 2. The zero-order chi connectivity index (χ0) is 13.2. The number of carbonyl (C=O) groups excluding carboxylic acids is 1. The molecule has 1 heterocycles. The van der Waals surface area contributed by atoms with Gasteiger partial charge >= 0.3 is 0 Å². The molecule has 1 amide bonds. The Hall–Kier alpha value is -1.88. The van der Waals surface area contributed by atoms with E-state index in [9.17, 15) is 4.79 Å². The van der Waals surface area contributed by atoms with E-state index in [-0.39, 0.29) is 11.8 Å². The van der Waals surface area contributed by atoms with Crippen LogP contribution >= 0.6 is 0 Å². The molecule has 0 bridgehead atoms. The molecule has 1 aromatic carbocycles. The molecule has 2 atom stereocenters. The van der Waals surface area contributed by atoms with Crippen LogP contribution in [0.25, 0.3) is 10.9 Å². The molecular formula is C14H18N4O. The maximum absolute atomic E-state index is 12.3. The third-order valence-corrected chi connectivity index (χ3v) is 4.03. The van der Waals surface area contributed by atoms with Gasteiger partial charge in [-0.25, -0.2) is 0 Å². The Morgan fingerprint density at radius 3 is 3.21 bits per heavy atom. The topological polar surface area (TPSA) is 83.8 Å². The molecular weight excluding hydrogens is 240 g/mol. The molecule has 0 radical (unpaired) electrons. The molecule has 1 aliphatic carbocycles. The molecule has 0 spiro atoms. The normalized spacial score (nSPS) is 22.8. The first-order valence-corrected chi connectivity index (χ1v) is 6.72. The summed E-state index contributed by atoms with van der Waals surface area (Å²) in [6.07, 6.45) is 4.84. The van der Waals surface area contributed by atoms with Gasteiger partial charge < -0.3 is 11.1 Å². The van der Waals surface area contributed by atoms with Gasteiger partial charge in [-0.15, -0.1) is 0 Å². The highest BCUT2D eigenvalue weighted by Crippen LogP contribution is 2.32. The van der Waals surface area contributed by atoms with Crippen LogP contribution in [0, 0.1) is 11.8 Å². The Kier molecular flexibility index (Phi) is 3.21. The number of carbonyl (C=O) groups is 1. The highest BCUT2D eigenvalue weighted by atomic mass is 16.1. The standard InChI is InChI=1S/C14H18N4O/c15-7-9-3-1-5-11(9)14(19)17-12-6-2-4-10-8-16-18-13(10)12/h2,4,6,8-9,11H,1,3,5,7,15H2,(H,16,18)(H,17,19). The van der Waals surface area contributed by atoms with E-state index in [4.69, 9.17) is 5.73 Å². The van der Waals surface area contributed by atoms with Crippen molar-refractivity contribution in [1.29, 1.82) is 0 Å². The van der Waals surface area contributed by atoms with Crippen molar-refractivity contribution < 1.29 is 4.79 Å². The van der Waals surface area contributed by atoms with Gasteiger partial charge in [0.05, 0.1) is 17.4 Å². The van der Waals surface area contributed by atoms with Gasteiger partial charge in [0.1, 0.15) is 0 Å². The van der Waals surface area contributed by atoms with Gasteiger partial charge in [0, 0.05) is 11.3 Å². The number of nitrogens with two attached hydrogens (primary N) is 1. The average Bonchev–Trinajstić information content (AvgIpc) is 3.07. The maximum Gasteiger partial charge on any atom is 0.227 e. The average molecular weight is 258 g/mol. The molecule has 1 saturated carbocycles. The monoisotopic (exact) mass is 258 g/mol. The van der Waals surface area contributed by atoms with E-state index in [2.05, 4.69) is 15.5 Å². The minimum Gasteiger partial charge on any atom is -0.330 e. The van der Waals surface area contributed by atoms with Crippen LogP contribution in [0.3, 0.4) is 0 Å². The minimum atomic E-state index is 0.0446. The van der Waals surface area contributed by atoms with Crippen molar-refractivity contribution in [2.24, 2.45) is 17.6 Å². The van der Waals surface area contributed by atoms with Crippen LogP contribution in [-0.4, -0.2) is 22.6 Å². The van der Waals surface area contributed by atoms with Crippen molar-refractivity contribution in [2.45, 2.75) is 19.3 Å².